The van der Waals surface area contributed by atoms with E-state index in [-0.39, 0.29) is 6.10 Å². The zero-order valence-electron chi connectivity index (χ0n) is 13.2. The number of aliphatic hydroxyl groups excluding tert-OH is 1. The molecule has 0 heterocycles. The standard InChI is InChI=1S/C16H32O3/c1-16(2,3)14-6-7-15(17)13(12-14)8-11-19-10-5-9-18-4/h13-15,17H,5-12H2,1-4H3. The highest BCUT2D eigenvalue weighted by Crippen LogP contribution is 2.41. The monoisotopic (exact) mass is 272 g/mol. The van der Waals surface area contributed by atoms with Crippen LogP contribution < -0.4 is 0 Å². The van der Waals surface area contributed by atoms with Crippen LogP contribution in [0.3, 0.4) is 0 Å². The van der Waals surface area contributed by atoms with Crippen molar-refractivity contribution in [2.24, 2.45) is 17.3 Å². The molecule has 0 aromatic rings. The van der Waals surface area contributed by atoms with E-state index in [1.165, 1.54) is 0 Å². The van der Waals surface area contributed by atoms with Gasteiger partial charge in [-0.05, 0) is 49.4 Å². The Morgan fingerprint density at radius 1 is 1.11 bits per heavy atom. The summed E-state index contributed by atoms with van der Waals surface area (Å²) in [6.07, 6.45) is 5.08. The Morgan fingerprint density at radius 2 is 1.84 bits per heavy atom. The molecule has 1 aliphatic rings. The van der Waals surface area contributed by atoms with Crippen LogP contribution in [0.5, 0.6) is 0 Å². The molecule has 3 unspecified atom stereocenters. The van der Waals surface area contributed by atoms with Gasteiger partial charge in [0.05, 0.1) is 6.10 Å². The summed E-state index contributed by atoms with van der Waals surface area (Å²) in [6, 6.07) is 0. The molecule has 114 valence electrons. The minimum atomic E-state index is -0.124. The molecule has 1 saturated carbocycles. The summed E-state index contributed by atoms with van der Waals surface area (Å²) in [5, 5.41) is 10.1. The maximum atomic E-state index is 10.1. The summed E-state index contributed by atoms with van der Waals surface area (Å²) in [5.74, 6) is 1.15. The SMILES string of the molecule is COCCCOCCC1CC(C(C)(C)C)CCC1O. The number of rotatable bonds is 7. The Balaban J connectivity index is 2.23. The highest BCUT2D eigenvalue weighted by atomic mass is 16.5. The molecule has 3 nitrogen and oxygen atoms in total. The third kappa shape index (κ3) is 6.24. The van der Waals surface area contributed by atoms with Crippen molar-refractivity contribution >= 4 is 0 Å². The van der Waals surface area contributed by atoms with Crippen LogP contribution in [0.2, 0.25) is 0 Å². The summed E-state index contributed by atoms with van der Waals surface area (Å²) in [5.41, 5.74) is 0.359. The van der Waals surface area contributed by atoms with Gasteiger partial charge in [0.15, 0.2) is 0 Å². The van der Waals surface area contributed by atoms with E-state index in [9.17, 15) is 5.11 Å². The Morgan fingerprint density at radius 3 is 2.47 bits per heavy atom. The van der Waals surface area contributed by atoms with Gasteiger partial charge in [0.2, 0.25) is 0 Å². The molecule has 3 atom stereocenters. The fourth-order valence-electron chi connectivity index (χ4n) is 2.99. The minimum Gasteiger partial charge on any atom is -0.393 e. The molecule has 0 bridgehead atoms. The topological polar surface area (TPSA) is 38.7 Å². The fourth-order valence-corrected chi connectivity index (χ4v) is 2.99. The molecule has 3 heteroatoms. The molecule has 1 rings (SSSR count). The van der Waals surface area contributed by atoms with Gasteiger partial charge in [-0.2, -0.15) is 0 Å². The lowest BCUT2D eigenvalue weighted by Gasteiger charge is -2.40. The number of aliphatic hydroxyl groups is 1. The zero-order valence-corrected chi connectivity index (χ0v) is 13.2. The van der Waals surface area contributed by atoms with Crippen LogP contribution in [0.15, 0.2) is 0 Å². The first kappa shape index (κ1) is 16.9. The van der Waals surface area contributed by atoms with E-state index in [0.29, 0.717) is 11.3 Å². The first-order valence-corrected chi connectivity index (χ1v) is 7.70. The maximum absolute atomic E-state index is 10.1. The van der Waals surface area contributed by atoms with Gasteiger partial charge in [0.1, 0.15) is 0 Å². The van der Waals surface area contributed by atoms with Crippen LogP contribution >= 0.6 is 0 Å². The molecular formula is C16H32O3. The van der Waals surface area contributed by atoms with Crippen molar-refractivity contribution < 1.29 is 14.6 Å². The van der Waals surface area contributed by atoms with E-state index < -0.39 is 0 Å². The molecule has 0 saturated heterocycles. The highest BCUT2D eigenvalue weighted by Gasteiger charge is 2.34. The fraction of sp³-hybridized carbons (Fsp3) is 1.00. The zero-order chi connectivity index (χ0) is 14.3. The van der Waals surface area contributed by atoms with E-state index in [0.717, 1.165) is 57.8 Å². The predicted octanol–water partition coefficient (Wildman–Crippen LogP) is 3.25. The molecule has 0 aliphatic heterocycles. The number of ether oxygens (including phenoxy) is 2. The molecule has 0 spiro atoms. The molecule has 0 radical (unpaired) electrons. The van der Waals surface area contributed by atoms with Gasteiger partial charge in [-0.25, -0.2) is 0 Å². The molecule has 1 fully saturated rings. The highest BCUT2D eigenvalue weighted by molar-refractivity contribution is 4.85. The van der Waals surface area contributed by atoms with Crippen molar-refractivity contribution in [1.29, 1.82) is 0 Å². The van der Waals surface area contributed by atoms with Crippen molar-refractivity contribution in [2.45, 2.75) is 59.0 Å². The lowest BCUT2D eigenvalue weighted by atomic mass is 9.67. The molecule has 19 heavy (non-hydrogen) atoms. The average Bonchev–Trinajstić information content (AvgIpc) is 2.34. The third-order valence-corrected chi connectivity index (χ3v) is 4.44. The quantitative estimate of drug-likeness (QED) is 0.723. The summed E-state index contributed by atoms with van der Waals surface area (Å²) in [4.78, 5) is 0. The average molecular weight is 272 g/mol. The Bertz CT molecular complexity index is 235. The lowest BCUT2D eigenvalue weighted by molar-refractivity contribution is -0.000118. The van der Waals surface area contributed by atoms with Crippen LogP contribution in [0.1, 0.15) is 52.9 Å². The van der Waals surface area contributed by atoms with Crippen LogP contribution in [0.4, 0.5) is 0 Å². The van der Waals surface area contributed by atoms with Gasteiger partial charge in [-0.15, -0.1) is 0 Å². The van der Waals surface area contributed by atoms with E-state index >= 15 is 0 Å². The van der Waals surface area contributed by atoms with Gasteiger partial charge >= 0.3 is 0 Å². The first-order valence-electron chi connectivity index (χ1n) is 7.70. The van der Waals surface area contributed by atoms with Crippen molar-refractivity contribution in [3.05, 3.63) is 0 Å². The van der Waals surface area contributed by atoms with E-state index in [4.69, 9.17) is 9.47 Å². The first-order chi connectivity index (χ1) is 8.95. The Kier molecular flexibility index (Phi) is 7.33. The number of methoxy groups -OCH3 is 1. The number of hydrogen-bond acceptors (Lipinski definition) is 3. The predicted molar refractivity (Wildman–Crippen MR) is 78.2 cm³/mol. The van der Waals surface area contributed by atoms with Crippen LogP contribution in [-0.2, 0) is 9.47 Å². The van der Waals surface area contributed by atoms with Crippen molar-refractivity contribution in [2.75, 3.05) is 26.9 Å². The van der Waals surface area contributed by atoms with E-state index in [2.05, 4.69) is 20.8 Å². The second kappa shape index (κ2) is 8.23. The van der Waals surface area contributed by atoms with E-state index in [1.54, 1.807) is 7.11 Å². The normalized spacial score (nSPS) is 28.6. The van der Waals surface area contributed by atoms with Crippen molar-refractivity contribution in [1.82, 2.24) is 0 Å². The van der Waals surface area contributed by atoms with Crippen molar-refractivity contribution in [3.63, 3.8) is 0 Å². The van der Waals surface area contributed by atoms with Crippen LogP contribution in [0.25, 0.3) is 0 Å². The van der Waals surface area contributed by atoms with Crippen LogP contribution in [0, 0.1) is 17.3 Å². The minimum absolute atomic E-state index is 0.124. The smallest absolute Gasteiger partial charge is 0.0569 e. The van der Waals surface area contributed by atoms with Gasteiger partial charge in [-0.1, -0.05) is 20.8 Å². The molecule has 1 aliphatic carbocycles. The second-order valence-electron chi connectivity index (χ2n) is 6.95. The van der Waals surface area contributed by atoms with Gasteiger partial charge in [-0.3, -0.25) is 0 Å². The van der Waals surface area contributed by atoms with E-state index in [1.807, 2.05) is 0 Å². The summed E-state index contributed by atoms with van der Waals surface area (Å²) >= 11 is 0. The molecular weight excluding hydrogens is 240 g/mol. The molecule has 0 aromatic carbocycles. The summed E-state index contributed by atoms with van der Waals surface area (Å²) in [6.45, 7) is 9.23. The summed E-state index contributed by atoms with van der Waals surface area (Å²) < 4.78 is 10.6. The number of hydrogen-bond donors (Lipinski definition) is 1. The largest absolute Gasteiger partial charge is 0.393 e. The molecule has 0 aromatic heterocycles. The van der Waals surface area contributed by atoms with Gasteiger partial charge in [0.25, 0.3) is 0 Å². The van der Waals surface area contributed by atoms with Crippen LogP contribution in [-0.4, -0.2) is 38.1 Å². The Hall–Kier alpha value is -0.120. The Labute approximate surface area is 118 Å². The maximum Gasteiger partial charge on any atom is 0.0569 e. The van der Waals surface area contributed by atoms with Gasteiger partial charge < -0.3 is 14.6 Å². The second-order valence-corrected chi connectivity index (χ2v) is 6.95. The third-order valence-electron chi connectivity index (χ3n) is 4.44. The molecule has 0 amide bonds. The lowest BCUT2D eigenvalue weighted by Crippen LogP contribution is -2.35. The van der Waals surface area contributed by atoms with Crippen molar-refractivity contribution in [3.8, 4) is 0 Å². The molecule has 1 N–H and O–H groups in total. The van der Waals surface area contributed by atoms with Gasteiger partial charge in [0, 0.05) is 26.9 Å². The summed E-state index contributed by atoms with van der Waals surface area (Å²) in [7, 11) is 1.71.